The van der Waals surface area contributed by atoms with Gasteiger partial charge in [0.2, 0.25) is 17.7 Å². The summed E-state index contributed by atoms with van der Waals surface area (Å²) in [4.78, 5) is 28.4. The summed E-state index contributed by atoms with van der Waals surface area (Å²) in [6.45, 7) is 3.99. The van der Waals surface area contributed by atoms with E-state index in [2.05, 4.69) is 10.2 Å². The average molecular weight is 375 g/mol. The number of piperazine rings is 1. The van der Waals surface area contributed by atoms with Crippen molar-refractivity contribution in [2.24, 2.45) is 0 Å². The van der Waals surface area contributed by atoms with Gasteiger partial charge >= 0.3 is 12.1 Å². The number of aryl methyl sites for hydroxylation is 1. The first-order chi connectivity index (χ1) is 12.3. The Labute approximate surface area is 147 Å². The zero-order valence-electron chi connectivity index (χ0n) is 14.3. The summed E-state index contributed by atoms with van der Waals surface area (Å²) in [6.07, 6.45) is -4.29. The largest absolute Gasteiger partial charge is 0.471 e. The molecule has 1 atom stereocenters. The molecule has 2 aliphatic heterocycles. The van der Waals surface area contributed by atoms with Crippen molar-refractivity contribution >= 4 is 11.8 Å². The van der Waals surface area contributed by atoms with Crippen molar-refractivity contribution < 1.29 is 27.2 Å². The first-order valence-electron chi connectivity index (χ1n) is 8.43. The van der Waals surface area contributed by atoms with Gasteiger partial charge < -0.3 is 14.2 Å². The number of carbonyl (C=O) groups is 2. The number of halogens is 3. The van der Waals surface area contributed by atoms with E-state index in [0.717, 1.165) is 0 Å². The maximum atomic E-state index is 12.7. The lowest BCUT2D eigenvalue weighted by molar-refractivity contribution is -0.187. The Morgan fingerprint density at radius 3 is 2.42 bits per heavy atom. The second-order valence-corrected chi connectivity index (χ2v) is 6.47. The predicted octanol–water partition coefficient (Wildman–Crippen LogP) is 0.576. The molecule has 144 valence electrons. The van der Waals surface area contributed by atoms with E-state index in [1.54, 1.807) is 6.92 Å². The Hall–Kier alpha value is -2.17. The van der Waals surface area contributed by atoms with E-state index < -0.39 is 24.0 Å². The number of carbonyl (C=O) groups excluding carboxylic acids is 2. The highest BCUT2D eigenvalue weighted by atomic mass is 19.4. The minimum absolute atomic E-state index is 0.0365. The van der Waals surface area contributed by atoms with Gasteiger partial charge in [-0.3, -0.25) is 14.5 Å². The van der Waals surface area contributed by atoms with Crippen LogP contribution in [0.25, 0.3) is 0 Å². The number of nitrogens with zero attached hydrogens (tertiary/aromatic N) is 5. The molecule has 0 N–H and O–H groups in total. The van der Waals surface area contributed by atoms with Crippen molar-refractivity contribution in [2.45, 2.75) is 38.5 Å². The number of likely N-dealkylation sites (tertiary alicyclic amines) is 1. The van der Waals surface area contributed by atoms with Gasteiger partial charge in [0, 0.05) is 39.6 Å². The standard InChI is InChI=1S/C15H20F3N5O3/c1-10-19-20-12(26-10)9-21-5-7-22(8-6-21)13(24)11-3-2-4-23(11)14(25)15(16,17)18/h11H,2-9H2,1H3. The molecule has 2 aliphatic rings. The van der Waals surface area contributed by atoms with Crippen LogP contribution in [0, 0.1) is 6.92 Å². The smallest absolute Gasteiger partial charge is 0.424 e. The van der Waals surface area contributed by atoms with E-state index >= 15 is 0 Å². The molecule has 0 spiro atoms. The highest BCUT2D eigenvalue weighted by molar-refractivity contribution is 5.90. The molecule has 2 saturated heterocycles. The van der Waals surface area contributed by atoms with Crippen molar-refractivity contribution in [1.82, 2.24) is 24.9 Å². The summed E-state index contributed by atoms with van der Waals surface area (Å²) >= 11 is 0. The predicted molar refractivity (Wildman–Crippen MR) is 81.7 cm³/mol. The molecule has 1 unspecified atom stereocenters. The zero-order valence-corrected chi connectivity index (χ0v) is 14.3. The summed E-state index contributed by atoms with van der Waals surface area (Å²) in [7, 11) is 0. The summed E-state index contributed by atoms with van der Waals surface area (Å²) in [6, 6.07) is -1.02. The Morgan fingerprint density at radius 1 is 1.15 bits per heavy atom. The molecule has 2 fully saturated rings. The van der Waals surface area contributed by atoms with Crippen molar-refractivity contribution in [2.75, 3.05) is 32.7 Å². The lowest BCUT2D eigenvalue weighted by Crippen LogP contribution is -2.55. The van der Waals surface area contributed by atoms with E-state index in [0.29, 0.717) is 55.8 Å². The molecule has 0 bridgehead atoms. The first-order valence-corrected chi connectivity index (χ1v) is 8.43. The van der Waals surface area contributed by atoms with Gasteiger partial charge in [-0.05, 0) is 12.8 Å². The molecular weight excluding hydrogens is 355 g/mol. The topological polar surface area (TPSA) is 82.8 Å². The van der Waals surface area contributed by atoms with Crippen molar-refractivity contribution in [3.05, 3.63) is 11.8 Å². The molecule has 0 saturated carbocycles. The lowest BCUT2D eigenvalue weighted by atomic mass is 10.1. The van der Waals surface area contributed by atoms with Crippen LogP contribution in [0.4, 0.5) is 13.2 Å². The van der Waals surface area contributed by atoms with Crippen LogP contribution >= 0.6 is 0 Å². The van der Waals surface area contributed by atoms with Crippen LogP contribution in [0.3, 0.4) is 0 Å². The monoisotopic (exact) mass is 375 g/mol. The van der Waals surface area contributed by atoms with Crippen LogP contribution in [0.2, 0.25) is 0 Å². The Balaban J connectivity index is 1.55. The fourth-order valence-corrected chi connectivity index (χ4v) is 3.36. The molecule has 0 aromatic carbocycles. The SMILES string of the molecule is Cc1nnc(CN2CCN(C(=O)C3CCCN3C(=O)C(F)(F)F)CC2)o1. The second kappa shape index (κ2) is 7.22. The lowest BCUT2D eigenvalue weighted by Gasteiger charge is -2.36. The summed E-state index contributed by atoms with van der Waals surface area (Å²) < 4.78 is 43.4. The molecule has 1 aromatic heterocycles. The molecule has 3 rings (SSSR count). The van der Waals surface area contributed by atoms with Gasteiger partial charge in [-0.25, -0.2) is 0 Å². The fraction of sp³-hybridized carbons (Fsp3) is 0.733. The zero-order chi connectivity index (χ0) is 18.9. The van der Waals surface area contributed by atoms with Crippen molar-refractivity contribution in [3.8, 4) is 0 Å². The van der Waals surface area contributed by atoms with Crippen LogP contribution in [0.1, 0.15) is 24.6 Å². The normalized spacial score (nSPS) is 22.1. The third kappa shape index (κ3) is 3.97. The Bertz CT molecular complexity index is 670. The second-order valence-electron chi connectivity index (χ2n) is 6.47. The molecule has 3 heterocycles. The van der Waals surface area contributed by atoms with Gasteiger partial charge in [0.25, 0.3) is 0 Å². The van der Waals surface area contributed by atoms with Crippen LogP contribution in [-0.4, -0.2) is 81.7 Å². The minimum Gasteiger partial charge on any atom is -0.424 e. The van der Waals surface area contributed by atoms with Crippen LogP contribution < -0.4 is 0 Å². The summed E-state index contributed by atoms with van der Waals surface area (Å²) in [5.74, 6) is -1.38. The third-order valence-electron chi connectivity index (χ3n) is 4.65. The van der Waals surface area contributed by atoms with Crippen molar-refractivity contribution in [1.29, 1.82) is 0 Å². The van der Waals surface area contributed by atoms with Gasteiger partial charge in [-0.2, -0.15) is 13.2 Å². The summed E-state index contributed by atoms with van der Waals surface area (Å²) in [5, 5.41) is 7.67. The molecule has 11 heteroatoms. The van der Waals surface area contributed by atoms with Crippen molar-refractivity contribution in [3.63, 3.8) is 0 Å². The molecule has 1 aromatic rings. The molecule has 0 radical (unpaired) electrons. The highest BCUT2D eigenvalue weighted by Gasteiger charge is 2.48. The molecular formula is C15H20F3N5O3. The molecule has 26 heavy (non-hydrogen) atoms. The Kier molecular flexibility index (Phi) is 5.17. The van der Waals surface area contributed by atoms with E-state index in [1.807, 2.05) is 4.90 Å². The number of amides is 2. The maximum Gasteiger partial charge on any atom is 0.471 e. The first kappa shape index (κ1) is 18.6. The van der Waals surface area contributed by atoms with Crippen LogP contribution in [0.5, 0.6) is 0 Å². The van der Waals surface area contributed by atoms with Gasteiger partial charge in [0.05, 0.1) is 6.54 Å². The van der Waals surface area contributed by atoms with E-state index in [9.17, 15) is 22.8 Å². The maximum absolute atomic E-state index is 12.7. The number of aromatic nitrogens is 2. The van der Waals surface area contributed by atoms with E-state index in [1.165, 1.54) is 4.90 Å². The Morgan fingerprint density at radius 2 is 1.85 bits per heavy atom. The van der Waals surface area contributed by atoms with E-state index in [4.69, 9.17) is 4.42 Å². The minimum atomic E-state index is -4.95. The van der Waals surface area contributed by atoms with Crippen LogP contribution in [0.15, 0.2) is 4.42 Å². The number of rotatable bonds is 3. The summed E-state index contributed by atoms with van der Waals surface area (Å²) in [5.41, 5.74) is 0. The third-order valence-corrected chi connectivity index (χ3v) is 4.65. The van der Waals surface area contributed by atoms with Gasteiger partial charge in [0.15, 0.2) is 0 Å². The molecule has 0 aliphatic carbocycles. The van der Waals surface area contributed by atoms with Gasteiger partial charge in [0.1, 0.15) is 6.04 Å². The average Bonchev–Trinajstić information content (AvgIpc) is 3.22. The molecule has 8 nitrogen and oxygen atoms in total. The quantitative estimate of drug-likeness (QED) is 0.769. The number of hydrogen-bond acceptors (Lipinski definition) is 6. The number of alkyl halides is 3. The van der Waals surface area contributed by atoms with Crippen LogP contribution in [-0.2, 0) is 16.1 Å². The fourth-order valence-electron chi connectivity index (χ4n) is 3.36. The van der Waals surface area contributed by atoms with Gasteiger partial charge in [-0.1, -0.05) is 0 Å². The van der Waals surface area contributed by atoms with Gasteiger partial charge in [-0.15, -0.1) is 10.2 Å². The van der Waals surface area contributed by atoms with E-state index in [-0.39, 0.29) is 13.0 Å². The molecule has 2 amide bonds. The number of hydrogen-bond donors (Lipinski definition) is 0. The highest BCUT2D eigenvalue weighted by Crippen LogP contribution is 2.27.